The second-order valence-corrected chi connectivity index (χ2v) is 3.16. The lowest BCUT2D eigenvalue weighted by atomic mass is 10.0. The van der Waals surface area contributed by atoms with E-state index in [4.69, 9.17) is 0 Å². The van der Waals surface area contributed by atoms with Crippen LogP contribution in [0, 0.1) is 5.92 Å². The van der Waals surface area contributed by atoms with Crippen molar-refractivity contribution >= 4 is 5.91 Å². The van der Waals surface area contributed by atoms with Crippen molar-refractivity contribution in [3.8, 4) is 0 Å². The molecule has 1 fully saturated rings. The van der Waals surface area contributed by atoms with Crippen molar-refractivity contribution < 1.29 is 4.79 Å². The average molecular weight is 156 g/mol. The standard InChI is InChI=1S/C8H16N2O/c1-3-10-5-8(6-10)4-9-7(2)11/h8H,3-6H2,1-2H3,(H,9,11). The van der Waals surface area contributed by atoms with Gasteiger partial charge in [0.2, 0.25) is 5.91 Å². The van der Waals surface area contributed by atoms with E-state index in [0.29, 0.717) is 5.92 Å². The molecule has 0 saturated carbocycles. The summed E-state index contributed by atoms with van der Waals surface area (Å²) in [7, 11) is 0. The van der Waals surface area contributed by atoms with E-state index in [0.717, 1.165) is 26.2 Å². The summed E-state index contributed by atoms with van der Waals surface area (Å²) in [6, 6.07) is 0. The third kappa shape index (κ3) is 2.50. The van der Waals surface area contributed by atoms with Crippen LogP contribution in [0.15, 0.2) is 0 Å². The number of rotatable bonds is 3. The number of carbonyl (C=O) groups is 1. The van der Waals surface area contributed by atoms with Crippen molar-refractivity contribution in [1.29, 1.82) is 0 Å². The van der Waals surface area contributed by atoms with Crippen LogP contribution < -0.4 is 5.32 Å². The molecule has 0 spiro atoms. The average Bonchev–Trinajstić information content (AvgIpc) is 1.84. The second kappa shape index (κ2) is 3.72. The van der Waals surface area contributed by atoms with Crippen molar-refractivity contribution in [2.24, 2.45) is 5.92 Å². The summed E-state index contributed by atoms with van der Waals surface area (Å²) < 4.78 is 0. The van der Waals surface area contributed by atoms with Gasteiger partial charge in [0.05, 0.1) is 0 Å². The molecule has 1 heterocycles. The molecule has 64 valence electrons. The molecule has 0 radical (unpaired) electrons. The van der Waals surface area contributed by atoms with E-state index in [1.807, 2.05) is 0 Å². The third-order valence-electron chi connectivity index (χ3n) is 2.12. The van der Waals surface area contributed by atoms with E-state index < -0.39 is 0 Å². The Bertz CT molecular complexity index is 141. The van der Waals surface area contributed by atoms with Gasteiger partial charge in [-0.15, -0.1) is 0 Å². The highest BCUT2D eigenvalue weighted by molar-refractivity contribution is 5.72. The van der Waals surface area contributed by atoms with E-state index in [-0.39, 0.29) is 5.91 Å². The molecular weight excluding hydrogens is 140 g/mol. The lowest BCUT2D eigenvalue weighted by molar-refractivity contribution is -0.119. The first-order valence-corrected chi connectivity index (χ1v) is 4.19. The number of likely N-dealkylation sites (tertiary alicyclic amines) is 1. The van der Waals surface area contributed by atoms with Gasteiger partial charge in [0.1, 0.15) is 0 Å². The number of carbonyl (C=O) groups excluding carboxylic acids is 1. The van der Waals surface area contributed by atoms with Gasteiger partial charge >= 0.3 is 0 Å². The molecule has 0 aromatic heterocycles. The molecule has 11 heavy (non-hydrogen) atoms. The van der Waals surface area contributed by atoms with Gasteiger partial charge in [-0.1, -0.05) is 6.92 Å². The zero-order valence-corrected chi connectivity index (χ0v) is 7.26. The van der Waals surface area contributed by atoms with Crippen LogP contribution in [0.1, 0.15) is 13.8 Å². The molecule has 1 aliphatic rings. The number of amides is 1. The molecular formula is C8H16N2O. The van der Waals surface area contributed by atoms with Crippen molar-refractivity contribution in [1.82, 2.24) is 10.2 Å². The van der Waals surface area contributed by atoms with E-state index in [1.165, 1.54) is 0 Å². The van der Waals surface area contributed by atoms with Crippen LogP contribution in [0.25, 0.3) is 0 Å². The van der Waals surface area contributed by atoms with Gasteiger partial charge in [0.15, 0.2) is 0 Å². The van der Waals surface area contributed by atoms with Crippen LogP contribution in [0.3, 0.4) is 0 Å². The summed E-state index contributed by atoms with van der Waals surface area (Å²) in [5.74, 6) is 0.777. The topological polar surface area (TPSA) is 32.3 Å². The molecule has 3 nitrogen and oxygen atoms in total. The maximum Gasteiger partial charge on any atom is 0.216 e. The minimum Gasteiger partial charge on any atom is -0.356 e. The zero-order valence-electron chi connectivity index (χ0n) is 7.26. The number of hydrogen-bond donors (Lipinski definition) is 1. The monoisotopic (exact) mass is 156 g/mol. The molecule has 1 saturated heterocycles. The van der Waals surface area contributed by atoms with E-state index in [2.05, 4.69) is 17.1 Å². The minimum atomic E-state index is 0.0833. The first kappa shape index (κ1) is 8.53. The third-order valence-corrected chi connectivity index (χ3v) is 2.12. The van der Waals surface area contributed by atoms with E-state index in [9.17, 15) is 4.79 Å². The van der Waals surface area contributed by atoms with Gasteiger partial charge in [-0.05, 0) is 6.54 Å². The van der Waals surface area contributed by atoms with Crippen molar-refractivity contribution in [3.63, 3.8) is 0 Å². The second-order valence-electron chi connectivity index (χ2n) is 3.16. The van der Waals surface area contributed by atoms with Crippen molar-refractivity contribution in [3.05, 3.63) is 0 Å². The summed E-state index contributed by atoms with van der Waals surface area (Å²) in [6.45, 7) is 8.01. The number of nitrogens with zero attached hydrogens (tertiary/aromatic N) is 1. The molecule has 0 aliphatic carbocycles. The lowest BCUT2D eigenvalue weighted by Gasteiger charge is -2.38. The smallest absolute Gasteiger partial charge is 0.216 e. The Morgan fingerprint density at radius 3 is 2.73 bits per heavy atom. The predicted octanol–water partition coefficient (Wildman–Crippen LogP) is 0.0742. The Hall–Kier alpha value is -0.570. The summed E-state index contributed by atoms with van der Waals surface area (Å²) >= 11 is 0. The summed E-state index contributed by atoms with van der Waals surface area (Å²) in [5.41, 5.74) is 0. The maximum atomic E-state index is 10.5. The fourth-order valence-corrected chi connectivity index (χ4v) is 1.35. The first-order chi connectivity index (χ1) is 5.22. The number of hydrogen-bond acceptors (Lipinski definition) is 2. The summed E-state index contributed by atoms with van der Waals surface area (Å²) in [5, 5.41) is 2.83. The van der Waals surface area contributed by atoms with Crippen LogP contribution >= 0.6 is 0 Å². The molecule has 0 bridgehead atoms. The van der Waals surface area contributed by atoms with Gasteiger partial charge in [0, 0.05) is 32.5 Å². The maximum absolute atomic E-state index is 10.5. The Labute approximate surface area is 67.8 Å². The Kier molecular flexibility index (Phi) is 2.88. The fourth-order valence-electron chi connectivity index (χ4n) is 1.35. The van der Waals surface area contributed by atoms with E-state index in [1.54, 1.807) is 6.92 Å². The Morgan fingerprint density at radius 1 is 1.64 bits per heavy atom. The number of nitrogens with one attached hydrogen (secondary N) is 1. The van der Waals surface area contributed by atoms with Crippen LogP contribution in [0.2, 0.25) is 0 Å². The van der Waals surface area contributed by atoms with Gasteiger partial charge in [-0.3, -0.25) is 4.79 Å². The molecule has 0 aromatic carbocycles. The highest BCUT2D eigenvalue weighted by Crippen LogP contribution is 2.12. The van der Waals surface area contributed by atoms with Crippen LogP contribution in [0.5, 0.6) is 0 Å². The highest BCUT2D eigenvalue weighted by Gasteiger charge is 2.24. The molecule has 1 N–H and O–H groups in total. The largest absolute Gasteiger partial charge is 0.356 e. The first-order valence-electron chi connectivity index (χ1n) is 4.19. The minimum absolute atomic E-state index is 0.0833. The SMILES string of the molecule is CCN1CC(CNC(C)=O)C1. The predicted molar refractivity (Wildman–Crippen MR) is 44.3 cm³/mol. The fraction of sp³-hybridized carbons (Fsp3) is 0.875. The van der Waals surface area contributed by atoms with Crippen LogP contribution in [-0.2, 0) is 4.79 Å². The van der Waals surface area contributed by atoms with Crippen molar-refractivity contribution in [2.75, 3.05) is 26.2 Å². The van der Waals surface area contributed by atoms with Crippen LogP contribution in [0.4, 0.5) is 0 Å². The van der Waals surface area contributed by atoms with Crippen LogP contribution in [-0.4, -0.2) is 37.0 Å². The van der Waals surface area contributed by atoms with Gasteiger partial charge < -0.3 is 10.2 Å². The molecule has 1 rings (SSSR count). The van der Waals surface area contributed by atoms with Gasteiger partial charge in [-0.25, -0.2) is 0 Å². The molecule has 1 amide bonds. The Morgan fingerprint density at radius 2 is 2.27 bits per heavy atom. The highest BCUT2D eigenvalue weighted by atomic mass is 16.1. The van der Waals surface area contributed by atoms with Crippen molar-refractivity contribution in [2.45, 2.75) is 13.8 Å². The lowest BCUT2D eigenvalue weighted by Crippen LogP contribution is -2.50. The van der Waals surface area contributed by atoms with Gasteiger partial charge in [0.25, 0.3) is 0 Å². The molecule has 0 aromatic rings. The quantitative estimate of drug-likeness (QED) is 0.627. The zero-order chi connectivity index (χ0) is 8.27. The van der Waals surface area contributed by atoms with E-state index >= 15 is 0 Å². The molecule has 0 atom stereocenters. The molecule has 3 heteroatoms. The summed E-state index contributed by atoms with van der Waals surface area (Å²) in [4.78, 5) is 12.9. The molecule has 0 unspecified atom stereocenters. The molecule has 1 aliphatic heterocycles. The normalized spacial score (nSPS) is 19.5. The summed E-state index contributed by atoms with van der Waals surface area (Å²) in [6.07, 6.45) is 0. The van der Waals surface area contributed by atoms with Gasteiger partial charge in [-0.2, -0.15) is 0 Å². The Balaban J connectivity index is 2.00.